The van der Waals surface area contributed by atoms with Crippen LogP contribution in [0, 0.1) is 12.1 Å². The molecule has 0 bridgehead atoms. The second kappa shape index (κ2) is 14.2. The molecular weight excluding hydrogens is 817 g/mol. The van der Waals surface area contributed by atoms with Gasteiger partial charge in [-0.2, -0.15) is 11.3 Å². The van der Waals surface area contributed by atoms with Gasteiger partial charge in [0.2, 0.25) is 0 Å². The molecule has 233 valence electrons. The van der Waals surface area contributed by atoms with Crippen LogP contribution in [0.3, 0.4) is 0 Å². The van der Waals surface area contributed by atoms with Gasteiger partial charge >= 0.3 is 99.8 Å². The van der Waals surface area contributed by atoms with Crippen LogP contribution in [0.4, 0.5) is 0 Å². The normalized spacial score (nSPS) is 11.5. The van der Waals surface area contributed by atoms with E-state index in [1.165, 1.54) is 41.3 Å². The van der Waals surface area contributed by atoms with Gasteiger partial charge in [0.1, 0.15) is 0 Å². The van der Waals surface area contributed by atoms with Crippen molar-refractivity contribution in [2.75, 3.05) is 0 Å². The molecule has 1 radical (unpaired) electrons. The summed E-state index contributed by atoms with van der Waals surface area (Å²) in [5.41, 5.74) is 8.02. The van der Waals surface area contributed by atoms with Crippen LogP contribution in [0.1, 0.15) is 26.3 Å². The smallest absolute Gasteiger partial charge is 0 e. The van der Waals surface area contributed by atoms with Gasteiger partial charge in [0, 0.05) is 31.0 Å². The summed E-state index contributed by atoms with van der Waals surface area (Å²) in [5.74, 6) is 7.14. The molecule has 0 saturated carbocycles. The molecule has 0 spiro atoms. The van der Waals surface area contributed by atoms with E-state index in [1.54, 1.807) is 0 Å². The van der Waals surface area contributed by atoms with E-state index in [1.807, 2.05) is 48.0 Å². The van der Waals surface area contributed by atoms with E-state index >= 15 is 0 Å². The van der Waals surface area contributed by atoms with Gasteiger partial charge in [-0.1, -0.05) is 74.7 Å². The molecule has 5 heteroatoms. The third kappa shape index (κ3) is 7.58. The summed E-state index contributed by atoms with van der Waals surface area (Å²) in [6, 6.07) is 44.9. The first-order valence-electron chi connectivity index (χ1n) is 15.4. The maximum absolute atomic E-state index is 4.65. The van der Waals surface area contributed by atoms with Crippen molar-refractivity contribution < 1.29 is 20.1 Å². The maximum atomic E-state index is 4.65. The minimum absolute atomic E-state index is 0. The molecule has 3 aromatic heterocycles. The number of thiophene rings is 1. The van der Waals surface area contributed by atoms with Crippen LogP contribution in [0.5, 0.6) is 0 Å². The maximum Gasteiger partial charge on any atom is 0 e. The van der Waals surface area contributed by atoms with Crippen molar-refractivity contribution in [1.29, 1.82) is 0 Å². The summed E-state index contributed by atoms with van der Waals surface area (Å²) >= 11 is 0.114. The van der Waals surface area contributed by atoms with Gasteiger partial charge in [-0.3, -0.25) is 0 Å². The molecule has 7 rings (SSSR count). The Morgan fingerprint density at radius 1 is 0.696 bits per heavy atom. The van der Waals surface area contributed by atoms with Gasteiger partial charge in [0.05, 0.1) is 0 Å². The molecule has 0 fully saturated rings. The Labute approximate surface area is 293 Å². The van der Waals surface area contributed by atoms with E-state index < -0.39 is 13.3 Å². The fraction of sp³-hybridized carbons (Fsp3) is 0.171. The molecule has 3 heterocycles. The predicted molar refractivity (Wildman–Crippen MR) is 197 cm³/mol. The number of nitrogens with zero attached hydrogens (tertiary/aromatic N) is 2. The predicted octanol–water partition coefficient (Wildman–Crippen LogP) is 11.0. The summed E-state index contributed by atoms with van der Waals surface area (Å²) in [7, 11) is 0. The Balaban J connectivity index is 0.000000209. The van der Waals surface area contributed by atoms with Crippen LogP contribution >= 0.6 is 11.3 Å². The number of pyridine rings is 2. The quantitative estimate of drug-likeness (QED) is 0.130. The van der Waals surface area contributed by atoms with Crippen molar-refractivity contribution in [3.8, 4) is 33.6 Å². The molecule has 0 aliphatic carbocycles. The van der Waals surface area contributed by atoms with Gasteiger partial charge in [0.15, 0.2) is 0 Å². The van der Waals surface area contributed by atoms with Gasteiger partial charge in [-0.05, 0) is 50.0 Å². The van der Waals surface area contributed by atoms with Crippen LogP contribution in [0.2, 0.25) is 17.3 Å². The zero-order valence-corrected chi connectivity index (χ0v) is 32.5. The number of aromatic nitrogens is 2. The standard InChI is InChI=1S/C27H22NS.C14H16GeN.Ir/c1-27(2,3)20-14-15-28-23(17-20)19-12-13-24-22(16-19)26-21(10-7-11-25(26)29-24)18-8-5-4-6-9-18;1-15(2,3)13-9-10-14(16-11-13)12-7-5-4-6-8-12;/h4-11,13-17H,1-3H3;4-7,9-11H,1-3H3;/q2*-1;. The van der Waals surface area contributed by atoms with Crippen LogP contribution in [-0.4, -0.2) is 23.2 Å². The summed E-state index contributed by atoms with van der Waals surface area (Å²) in [5, 5.41) is 2.60. The van der Waals surface area contributed by atoms with Crippen molar-refractivity contribution in [2.45, 2.75) is 43.5 Å². The SMILES string of the molecule is CC(C)(C)c1ccnc(-c2[c-]cc3sc4cccc(-c5ccccc5)c4c3c2)c1.[CH3][Ge]([CH3])([CH3])[c]1ccc(-c2[c-]cccc2)nc1.[Ir]. The topological polar surface area (TPSA) is 25.8 Å². The first-order valence-corrected chi connectivity index (χ1v) is 23.6. The van der Waals surface area contributed by atoms with Crippen LogP contribution < -0.4 is 4.40 Å². The van der Waals surface area contributed by atoms with E-state index in [0.29, 0.717) is 0 Å². The molecule has 0 saturated heterocycles. The van der Waals surface area contributed by atoms with Crippen LogP contribution in [0.15, 0.2) is 122 Å². The van der Waals surface area contributed by atoms with E-state index in [9.17, 15) is 0 Å². The molecule has 0 unspecified atom stereocenters. The van der Waals surface area contributed by atoms with Gasteiger partial charge < -0.3 is 4.98 Å². The van der Waals surface area contributed by atoms with Crippen molar-refractivity contribution in [1.82, 2.24) is 9.97 Å². The largest absolute Gasteiger partial charge is 0 e. The second-order valence-electron chi connectivity index (χ2n) is 13.4. The van der Waals surface area contributed by atoms with E-state index in [2.05, 4.69) is 145 Å². The molecule has 46 heavy (non-hydrogen) atoms. The van der Waals surface area contributed by atoms with Gasteiger partial charge in [-0.15, -0.1) is 23.8 Å². The molecular formula is C41H38GeIrN2S-2. The fourth-order valence-electron chi connectivity index (χ4n) is 5.37. The van der Waals surface area contributed by atoms with Gasteiger partial charge in [-0.25, -0.2) is 0 Å². The third-order valence-electron chi connectivity index (χ3n) is 8.03. The average molecular weight is 856 g/mol. The first-order chi connectivity index (χ1) is 21.6. The summed E-state index contributed by atoms with van der Waals surface area (Å²) < 4.78 is 4.02. The Morgan fingerprint density at radius 2 is 1.48 bits per heavy atom. The van der Waals surface area contributed by atoms with Gasteiger partial charge in [0.25, 0.3) is 0 Å². The van der Waals surface area contributed by atoms with E-state index in [0.717, 1.165) is 22.5 Å². The summed E-state index contributed by atoms with van der Waals surface area (Å²) in [4.78, 5) is 9.18. The number of rotatable bonds is 4. The molecule has 0 aliphatic rings. The molecule has 0 atom stereocenters. The zero-order valence-electron chi connectivity index (χ0n) is 27.2. The van der Waals surface area contributed by atoms with E-state index in [-0.39, 0.29) is 25.5 Å². The molecule has 0 aliphatic heterocycles. The zero-order chi connectivity index (χ0) is 31.6. The van der Waals surface area contributed by atoms with E-state index in [4.69, 9.17) is 0 Å². The first kappa shape index (κ1) is 33.9. The fourth-order valence-corrected chi connectivity index (χ4v) is 8.64. The van der Waals surface area contributed by atoms with Crippen molar-refractivity contribution in [3.63, 3.8) is 0 Å². The Hall–Kier alpha value is -3.41. The number of benzene rings is 4. The molecule has 0 N–H and O–H groups in total. The molecule has 7 aromatic rings. The van der Waals surface area contributed by atoms with Crippen molar-refractivity contribution in [2.24, 2.45) is 0 Å². The monoisotopic (exact) mass is 857 g/mol. The Morgan fingerprint density at radius 3 is 2.15 bits per heavy atom. The van der Waals surface area contributed by atoms with Crippen LogP contribution in [0.25, 0.3) is 53.8 Å². The number of hydrogen-bond donors (Lipinski definition) is 0. The summed E-state index contributed by atoms with van der Waals surface area (Å²) in [6.45, 7) is 6.70. The Bertz CT molecular complexity index is 2060. The van der Waals surface area contributed by atoms with Crippen molar-refractivity contribution in [3.05, 3.63) is 139 Å². The second-order valence-corrected chi connectivity index (χ2v) is 25.1. The molecule has 4 aromatic carbocycles. The minimum Gasteiger partial charge on any atom is 0 e. The average Bonchev–Trinajstić information content (AvgIpc) is 3.43. The molecule has 0 amide bonds. The third-order valence-corrected chi connectivity index (χ3v) is 13.4. The van der Waals surface area contributed by atoms with Crippen LogP contribution in [-0.2, 0) is 25.5 Å². The van der Waals surface area contributed by atoms with Crippen molar-refractivity contribution >= 4 is 49.2 Å². The minimum atomic E-state index is -1.72. The number of hydrogen-bond acceptors (Lipinski definition) is 3. The number of fused-ring (bicyclic) bond motifs is 3. The molecule has 2 nitrogen and oxygen atoms in total. The summed E-state index contributed by atoms with van der Waals surface area (Å²) in [6.07, 6.45) is 3.95. The Kier molecular flexibility index (Phi) is 10.4.